The second kappa shape index (κ2) is 4.76. The van der Waals surface area contributed by atoms with Gasteiger partial charge in [0.15, 0.2) is 5.69 Å². The van der Waals surface area contributed by atoms with Gasteiger partial charge in [-0.3, -0.25) is 5.10 Å². The number of nitrogens with one attached hydrogen (secondary N) is 1. The van der Waals surface area contributed by atoms with Crippen LogP contribution in [-0.4, -0.2) is 26.7 Å². The van der Waals surface area contributed by atoms with Crippen molar-refractivity contribution < 1.29 is 13.2 Å². The van der Waals surface area contributed by atoms with Crippen molar-refractivity contribution >= 4 is 23.4 Å². The quantitative estimate of drug-likeness (QED) is 0.786. The molecule has 0 atom stereocenters. The fourth-order valence-corrected chi connectivity index (χ4v) is 2.49. The van der Waals surface area contributed by atoms with Gasteiger partial charge in [0.25, 0.3) is 0 Å². The maximum absolute atomic E-state index is 12.9. The molecule has 10 heteroatoms. The van der Waals surface area contributed by atoms with E-state index in [0.29, 0.717) is 24.5 Å². The zero-order valence-electron chi connectivity index (χ0n) is 10.6. The molecule has 6 nitrogen and oxygen atoms in total. The molecule has 1 aliphatic heterocycles. The average Bonchev–Trinajstić information content (AvgIpc) is 2.79. The SMILES string of the molecule is Nc1nc(Cl)cc(N2CCc3[nH]nc(C(F)(F)F)c3C2)n1. The average molecular weight is 319 g/mol. The molecular weight excluding hydrogens is 309 g/mol. The molecule has 0 saturated heterocycles. The van der Waals surface area contributed by atoms with Crippen molar-refractivity contribution in [2.45, 2.75) is 19.1 Å². The Hall–Kier alpha value is -2.03. The maximum Gasteiger partial charge on any atom is 0.435 e. The number of rotatable bonds is 1. The predicted molar refractivity (Wildman–Crippen MR) is 69.8 cm³/mol. The van der Waals surface area contributed by atoms with Crippen LogP contribution in [0.1, 0.15) is 17.0 Å². The zero-order valence-corrected chi connectivity index (χ0v) is 11.3. The summed E-state index contributed by atoms with van der Waals surface area (Å²) >= 11 is 5.80. The molecule has 2 aromatic heterocycles. The van der Waals surface area contributed by atoms with Gasteiger partial charge >= 0.3 is 6.18 Å². The fraction of sp³-hybridized carbons (Fsp3) is 0.364. The van der Waals surface area contributed by atoms with Crippen LogP contribution >= 0.6 is 11.6 Å². The van der Waals surface area contributed by atoms with Crippen LogP contribution < -0.4 is 10.6 Å². The number of nitrogen functional groups attached to an aromatic ring is 1. The van der Waals surface area contributed by atoms with Crippen molar-refractivity contribution in [3.05, 3.63) is 28.2 Å². The lowest BCUT2D eigenvalue weighted by Gasteiger charge is -2.28. The molecule has 0 radical (unpaired) electrons. The lowest BCUT2D eigenvalue weighted by Crippen LogP contribution is -2.32. The Morgan fingerprint density at radius 2 is 2.10 bits per heavy atom. The standard InChI is InChI=1S/C11H10ClF3N6/c12-7-3-8(18-10(16)17-7)21-2-1-6-5(4-21)9(20-19-6)11(13,14)15/h3H,1-2,4H2,(H,19,20)(H2,16,17,18). The van der Waals surface area contributed by atoms with Crippen molar-refractivity contribution in [3.8, 4) is 0 Å². The number of aromatic amines is 1. The molecule has 21 heavy (non-hydrogen) atoms. The van der Waals surface area contributed by atoms with E-state index in [-0.39, 0.29) is 23.2 Å². The van der Waals surface area contributed by atoms with E-state index in [1.54, 1.807) is 4.90 Å². The van der Waals surface area contributed by atoms with Crippen LogP contribution in [-0.2, 0) is 19.1 Å². The van der Waals surface area contributed by atoms with Crippen molar-refractivity contribution in [1.29, 1.82) is 0 Å². The number of nitrogens with zero attached hydrogens (tertiary/aromatic N) is 4. The highest BCUT2D eigenvalue weighted by Crippen LogP contribution is 2.34. The monoisotopic (exact) mass is 318 g/mol. The van der Waals surface area contributed by atoms with Gasteiger partial charge in [-0.15, -0.1) is 0 Å². The van der Waals surface area contributed by atoms with Gasteiger partial charge < -0.3 is 10.6 Å². The normalized spacial score (nSPS) is 15.1. The third-order valence-electron chi connectivity index (χ3n) is 3.22. The van der Waals surface area contributed by atoms with E-state index < -0.39 is 11.9 Å². The molecule has 0 aliphatic carbocycles. The van der Waals surface area contributed by atoms with Crippen molar-refractivity contribution in [2.75, 3.05) is 17.2 Å². The van der Waals surface area contributed by atoms with Gasteiger partial charge in [0.05, 0.1) is 0 Å². The first-order valence-electron chi connectivity index (χ1n) is 6.03. The first-order valence-corrected chi connectivity index (χ1v) is 6.40. The molecule has 3 N–H and O–H groups in total. The lowest BCUT2D eigenvalue weighted by molar-refractivity contribution is -0.141. The van der Waals surface area contributed by atoms with Gasteiger partial charge in [0.2, 0.25) is 5.95 Å². The smallest absolute Gasteiger partial charge is 0.368 e. The van der Waals surface area contributed by atoms with Crippen molar-refractivity contribution in [3.63, 3.8) is 0 Å². The van der Waals surface area contributed by atoms with Gasteiger partial charge in [0, 0.05) is 36.8 Å². The molecule has 1 aliphatic rings. The van der Waals surface area contributed by atoms with E-state index in [4.69, 9.17) is 17.3 Å². The minimum absolute atomic E-state index is 0.0217. The lowest BCUT2D eigenvalue weighted by atomic mass is 10.1. The number of hydrogen-bond acceptors (Lipinski definition) is 5. The van der Waals surface area contributed by atoms with Crippen LogP contribution in [0.5, 0.6) is 0 Å². The minimum atomic E-state index is -4.49. The molecule has 0 aromatic carbocycles. The first-order chi connectivity index (χ1) is 9.84. The molecule has 0 spiro atoms. The molecule has 3 rings (SSSR count). The Balaban J connectivity index is 1.95. The molecule has 2 aromatic rings. The minimum Gasteiger partial charge on any atom is -0.368 e. The van der Waals surface area contributed by atoms with Crippen LogP contribution in [0.2, 0.25) is 5.15 Å². The van der Waals surface area contributed by atoms with Crippen LogP contribution in [0.15, 0.2) is 6.07 Å². The van der Waals surface area contributed by atoms with E-state index >= 15 is 0 Å². The summed E-state index contributed by atoms with van der Waals surface area (Å²) in [6.45, 7) is 0.521. The highest BCUT2D eigenvalue weighted by atomic mass is 35.5. The molecule has 3 heterocycles. The molecule has 0 unspecified atom stereocenters. The second-order valence-electron chi connectivity index (χ2n) is 4.61. The van der Waals surface area contributed by atoms with E-state index in [2.05, 4.69) is 20.2 Å². The summed E-state index contributed by atoms with van der Waals surface area (Å²) in [4.78, 5) is 9.39. The molecule has 0 bridgehead atoms. The Morgan fingerprint density at radius 1 is 1.33 bits per heavy atom. The van der Waals surface area contributed by atoms with Gasteiger partial charge in [-0.2, -0.15) is 23.3 Å². The van der Waals surface area contributed by atoms with Crippen LogP contribution in [0.25, 0.3) is 0 Å². The van der Waals surface area contributed by atoms with Gasteiger partial charge in [-0.25, -0.2) is 4.98 Å². The summed E-state index contributed by atoms with van der Waals surface area (Å²) in [5.74, 6) is 0.374. The summed E-state index contributed by atoms with van der Waals surface area (Å²) in [6, 6.07) is 1.47. The van der Waals surface area contributed by atoms with Gasteiger partial charge in [-0.05, 0) is 0 Å². The molecule has 112 valence electrons. The molecule has 0 saturated carbocycles. The molecular formula is C11H10ClF3N6. The van der Waals surface area contributed by atoms with Crippen LogP contribution in [0.3, 0.4) is 0 Å². The second-order valence-corrected chi connectivity index (χ2v) is 4.99. The highest BCUT2D eigenvalue weighted by Gasteiger charge is 2.39. The number of H-pyrrole nitrogens is 1. The van der Waals surface area contributed by atoms with E-state index in [1.165, 1.54) is 6.07 Å². The third kappa shape index (κ3) is 2.60. The Bertz CT molecular complexity index is 663. The van der Waals surface area contributed by atoms with Gasteiger partial charge in [-0.1, -0.05) is 11.6 Å². The van der Waals surface area contributed by atoms with Crippen molar-refractivity contribution in [2.24, 2.45) is 0 Å². The fourth-order valence-electron chi connectivity index (χ4n) is 2.31. The third-order valence-corrected chi connectivity index (χ3v) is 3.42. The summed E-state index contributed by atoms with van der Waals surface area (Å²) < 4.78 is 38.7. The molecule has 0 amide bonds. The first kappa shape index (κ1) is 13.9. The number of alkyl halides is 3. The summed E-state index contributed by atoms with van der Waals surface area (Å²) in [6.07, 6.45) is -4.09. The molecule has 0 fully saturated rings. The van der Waals surface area contributed by atoms with Gasteiger partial charge in [0.1, 0.15) is 11.0 Å². The number of nitrogens with two attached hydrogens (primary N) is 1. The maximum atomic E-state index is 12.9. The Morgan fingerprint density at radius 3 is 2.76 bits per heavy atom. The summed E-state index contributed by atoms with van der Waals surface area (Å²) in [5, 5.41) is 5.96. The predicted octanol–water partition coefficient (Wildman–Crippen LogP) is 2.02. The number of aromatic nitrogens is 4. The highest BCUT2D eigenvalue weighted by molar-refractivity contribution is 6.29. The number of anilines is 2. The number of halogens is 4. The van der Waals surface area contributed by atoms with Crippen LogP contribution in [0.4, 0.5) is 24.9 Å². The number of fused-ring (bicyclic) bond motifs is 1. The number of hydrogen-bond donors (Lipinski definition) is 2. The summed E-state index contributed by atoms with van der Waals surface area (Å²) in [5.41, 5.74) is 5.23. The van der Waals surface area contributed by atoms with E-state index in [1.807, 2.05) is 0 Å². The van der Waals surface area contributed by atoms with Crippen LogP contribution in [0, 0.1) is 0 Å². The van der Waals surface area contributed by atoms with E-state index in [9.17, 15) is 13.2 Å². The summed E-state index contributed by atoms with van der Waals surface area (Å²) in [7, 11) is 0. The van der Waals surface area contributed by atoms with E-state index in [0.717, 1.165) is 0 Å². The van der Waals surface area contributed by atoms with Crippen molar-refractivity contribution in [1.82, 2.24) is 20.2 Å². The Labute approximate surface area is 122 Å². The zero-order chi connectivity index (χ0) is 15.2. The largest absolute Gasteiger partial charge is 0.435 e. The topological polar surface area (TPSA) is 83.7 Å². The Kier molecular flexibility index (Phi) is 3.16.